The van der Waals surface area contributed by atoms with E-state index < -0.39 is 52.4 Å². The molecular formula is C17H15F9O3. The van der Waals surface area contributed by atoms with Crippen LogP contribution >= 0.6 is 0 Å². The number of esters is 1. The topological polar surface area (TPSA) is 46.5 Å². The largest absolute Gasteiger partial charge is 0.423 e. The first kappa shape index (κ1) is 24.8. The zero-order valence-electron chi connectivity index (χ0n) is 15.1. The van der Waals surface area contributed by atoms with Gasteiger partial charge in [-0.1, -0.05) is 12.6 Å². The lowest BCUT2D eigenvalue weighted by Crippen LogP contribution is -2.51. The molecule has 29 heavy (non-hydrogen) atoms. The quantitative estimate of drug-likeness (QED) is 0.300. The van der Waals surface area contributed by atoms with Crippen LogP contribution in [-0.2, 0) is 15.8 Å². The van der Waals surface area contributed by atoms with Crippen molar-refractivity contribution >= 4 is 5.97 Å². The van der Waals surface area contributed by atoms with E-state index in [2.05, 4.69) is 11.3 Å². The zero-order chi connectivity index (χ0) is 23.2. The van der Waals surface area contributed by atoms with Crippen molar-refractivity contribution in [3.63, 3.8) is 0 Å². The fraction of sp³-hybridized carbons (Fsp3) is 0.471. The van der Waals surface area contributed by atoms with Gasteiger partial charge in [0.2, 0.25) is 0 Å². The molecule has 0 aliphatic rings. The number of aliphatic hydroxyl groups is 1. The fourth-order valence-corrected chi connectivity index (χ4v) is 2.07. The molecular weight excluding hydrogens is 423 g/mol. The molecule has 1 aromatic rings. The Kier molecular flexibility index (Phi) is 6.18. The number of carbonyl (C=O) groups excluding carboxylic acids is 1. The molecule has 0 heterocycles. The third kappa shape index (κ3) is 4.51. The molecule has 0 spiro atoms. The minimum atomic E-state index is -5.98. The zero-order valence-corrected chi connectivity index (χ0v) is 15.1. The maximum Gasteiger partial charge on any atom is 0.421 e. The van der Waals surface area contributed by atoms with Crippen LogP contribution in [0.4, 0.5) is 39.5 Å². The second kappa shape index (κ2) is 7.22. The van der Waals surface area contributed by atoms with Gasteiger partial charge in [-0.05, 0) is 44.0 Å². The van der Waals surface area contributed by atoms with Gasteiger partial charge >= 0.3 is 24.5 Å². The van der Waals surface area contributed by atoms with Crippen molar-refractivity contribution in [2.75, 3.05) is 0 Å². The molecule has 0 saturated heterocycles. The summed E-state index contributed by atoms with van der Waals surface area (Å²) in [4.78, 5) is 11.6. The van der Waals surface area contributed by atoms with Crippen molar-refractivity contribution in [2.24, 2.45) is 0 Å². The third-order valence-electron chi connectivity index (χ3n) is 4.29. The molecule has 3 nitrogen and oxygen atoms in total. The predicted octanol–water partition coefficient (Wildman–Crippen LogP) is 5.32. The first-order valence-corrected chi connectivity index (χ1v) is 7.62. The lowest BCUT2D eigenvalue weighted by atomic mass is 9.78. The summed E-state index contributed by atoms with van der Waals surface area (Å²) in [6, 6.07) is 0.384. The number of benzene rings is 1. The number of alkyl halides is 9. The van der Waals surface area contributed by atoms with Crippen LogP contribution in [0.1, 0.15) is 31.9 Å². The molecule has 1 atom stereocenters. The summed E-state index contributed by atoms with van der Waals surface area (Å²) in [6.45, 7) is 4.09. The van der Waals surface area contributed by atoms with E-state index >= 15 is 0 Å². The molecule has 1 rings (SSSR count). The van der Waals surface area contributed by atoms with Crippen LogP contribution in [0.5, 0.6) is 5.75 Å². The maximum absolute atomic E-state index is 13.3. The summed E-state index contributed by atoms with van der Waals surface area (Å²) in [5, 5.41) is 9.74. The van der Waals surface area contributed by atoms with Gasteiger partial charge in [-0.25, -0.2) is 4.79 Å². The molecule has 0 aliphatic carbocycles. The first-order valence-electron chi connectivity index (χ1n) is 7.62. The van der Waals surface area contributed by atoms with Crippen LogP contribution < -0.4 is 4.74 Å². The molecule has 0 aromatic heterocycles. The first-order chi connectivity index (χ1) is 12.7. The van der Waals surface area contributed by atoms with E-state index in [9.17, 15) is 49.4 Å². The molecule has 164 valence electrons. The minimum absolute atomic E-state index is 0.0768. The van der Waals surface area contributed by atoms with Crippen LogP contribution in [-0.4, -0.2) is 29.6 Å². The van der Waals surface area contributed by atoms with E-state index in [1.807, 2.05) is 0 Å². The van der Waals surface area contributed by atoms with Gasteiger partial charge in [0.05, 0.1) is 0 Å². The van der Waals surface area contributed by atoms with E-state index in [-0.39, 0.29) is 31.6 Å². The molecule has 0 aliphatic heterocycles. The van der Waals surface area contributed by atoms with E-state index in [1.54, 1.807) is 0 Å². The minimum Gasteiger partial charge on any atom is -0.423 e. The molecule has 0 fully saturated rings. The molecule has 0 bridgehead atoms. The normalized spacial score (nSPS) is 15.6. The highest BCUT2D eigenvalue weighted by atomic mass is 19.4. The molecule has 12 heteroatoms. The van der Waals surface area contributed by atoms with E-state index in [0.717, 1.165) is 6.92 Å². The molecule has 1 N–H and O–H groups in total. The Morgan fingerprint density at radius 2 is 1.28 bits per heavy atom. The Balaban J connectivity index is 3.90. The highest BCUT2D eigenvalue weighted by molar-refractivity contribution is 5.88. The highest BCUT2D eigenvalue weighted by Gasteiger charge is 2.68. The molecule has 0 saturated carbocycles. The van der Waals surface area contributed by atoms with Crippen LogP contribution in [0.2, 0.25) is 0 Å². The maximum atomic E-state index is 13.3. The van der Waals surface area contributed by atoms with E-state index in [4.69, 9.17) is 0 Å². The lowest BCUT2D eigenvalue weighted by Gasteiger charge is -2.36. The second-order valence-corrected chi connectivity index (χ2v) is 6.61. The SMILES string of the molecule is C=C(C)C(=O)Oc1cc(C(C)(O)C(F)(F)F)cc(C(C)(C(F)(F)F)C(F)(F)F)c1. The van der Waals surface area contributed by atoms with E-state index in [1.165, 1.54) is 0 Å². The van der Waals surface area contributed by atoms with Crippen molar-refractivity contribution < 1.29 is 54.2 Å². The van der Waals surface area contributed by atoms with Gasteiger partial charge in [0.25, 0.3) is 0 Å². The van der Waals surface area contributed by atoms with E-state index in [0.29, 0.717) is 6.07 Å². The van der Waals surface area contributed by atoms with Crippen LogP contribution in [0.3, 0.4) is 0 Å². The summed E-state index contributed by atoms with van der Waals surface area (Å²) < 4.78 is 124. The van der Waals surface area contributed by atoms with Gasteiger partial charge in [0.15, 0.2) is 11.0 Å². The van der Waals surface area contributed by atoms with Crippen LogP contribution in [0.15, 0.2) is 30.4 Å². The number of ether oxygens (including phenoxy) is 1. The Hall–Kier alpha value is -2.24. The Morgan fingerprint density at radius 3 is 1.62 bits per heavy atom. The summed E-state index contributed by atoms with van der Waals surface area (Å²) in [5.74, 6) is -2.37. The molecule has 0 amide bonds. The average Bonchev–Trinajstić information content (AvgIpc) is 2.50. The summed E-state index contributed by atoms with van der Waals surface area (Å²) >= 11 is 0. The summed E-state index contributed by atoms with van der Waals surface area (Å²) in [7, 11) is 0. The summed E-state index contributed by atoms with van der Waals surface area (Å²) in [5.41, 5.74) is -11.9. The van der Waals surface area contributed by atoms with Gasteiger partial charge in [0, 0.05) is 5.57 Å². The smallest absolute Gasteiger partial charge is 0.421 e. The Labute approximate surface area is 158 Å². The number of halogens is 9. The highest BCUT2D eigenvalue weighted by Crippen LogP contribution is 2.53. The van der Waals surface area contributed by atoms with Gasteiger partial charge in [-0.2, -0.15) is 39.5 Å². The number of hydrogen-bond acceptors (Lipinski definition) is 3. The third-order valence-corrected chi connectivity index (χ3v) is 4.29. The number of carbonyl (C=O) groups is 1. The van der Waals surface area contributed by atoms with Crippen molar-refractivity contribution in [2.45, 2.75) is 50.3 Å². The van der Waals surface area contributed by atoms with Crippen molar-refractivity contribution in [3.8, 4) is 5.75 Å². The van der Waals surface area contributed by atoms with Gasteiger partial charge in [-0.15, -0.1) is 0 Å². The number of hydrogen-bond donors (Lipinski definition) is 1. The fourth-order valence-electron chi connectivity index (χ4n) is 2.07. The van der Waals surface area contributed by atoms with Crippen LogP contribution in [0, 0.1) is 0 Å². The van der Waals surface area contributed by atoms with Crippen molar-refractivity contribution in [3.05, 3.63) is 41.5 Å². The monoisotopic (exact) mass is 438 g/mol. The molecule has 0 radical (unpaired) electrons. The summed E-state index contributed by atoms with van der Waals surface area (Å²) in [6.07, 6.45) is -17.4. The van der Waals surface area contributed by atoms with Gasteiger partial charge < -0.3 is 9.84 Å². The standard InChI is InChI=1S/C17H15F9O3/c1-8(2)12(27)29-11-6-9(13(3,15(18,19)20)16(21,22)23)5-10(7-11)14(4,28)17(24,25)26/h5-7,28H,1H2,2-4H3. The average molecular weight is 438 g/mol. The van der Waals surface area contributed by atoms with Crippen molar-refractivity contribution in [1.82, 2.24) is 0 Å². The van der Waals surface area contributed by atoms with Gasteiger partial charge in [-0.3, -0.25) is 0 Å². The van der Waals surface area contributed by atoms with Crippen molar-refractivity contribution in [1.29, 1.82) is 0 Å². The van der Waals surface area contributed by atoms with Gasteiger partial charge in [0.1, 0.15) is 5.75 Å². The lowest BCUT2D eigenvalue weighted by molar-refractivity contribution is -0.297. The van der Waals surface area contributed by atoms with Crippen LogP contribution in [0.25, 0.3) is 0 Å². The second-order valence-electron chi connectivity index (χ2n) is 6.61. The number of rotatable bonds is 4. The molecule has 1 aromatic carbocycles. The Bertz CT molecular complexity index is 788. The molecule has 1 unspecified atom stereocenters. The predicted molar refractivity (Wildman–Crippen MR) is 82.0 cm³/mol. The Morgan fingerprint density at radius 1 is 0.862 bits per heavy atom.